The van der Waals surface area contributed by atoms with Crippen LogP contribution in [0.3, 0.4) is 0 Å². The zero-order valence-electron chi connectivity index (χ0n) is 19.3. The number of nitrogens with zero attached hydrogens (tertiary/aromatic N) is 2. The molecule has 11 heteroatoms. The maximum absolute atomic E-state index is 12.8. The number of rotatable bonds is 5. The van der Waals surface area contributed by atoms with E-state index in [0.29, 0.717) is 12.1 Å². The molecule has 3 aromatic rings. The number of amides is 1. The van der Waals surface area contributed by atoms with Gasteiger partial charge in [-0.25, -0.2) is 4.79 Å². The number of piperazine rings is 1. The van der Waals surface area contributed by atoms with Gasteiger partial charge >= 0.3 is 12.1 Å². The highest BCUT2D eigenvalue weighted by molar-refractivity contribution is 6.06. The van der Waals surface area contributed by atoms with Gasteiger partial charge in [-0.3, -0.25) is 9.78 Å². The van der Waals surface area contributed by atoms with Crippen LogP contribution in [0.25, 0.3) is 11.1 Å². The van der Waals surface area contributed by atoms with Crippen LogP contribution in [0.1, 0.15) is 15.9 Å². The minimum atomic E-state index is -5.08. The fourth-order valence-electron chi connectivity index (χ4n) is 3.55. The largest absolute Gasteiger partial charge is 0.490 e. The van der Waals surface area contributed by atoms with E-state index in [0.717, 1.165) is 54.2 Å². The zero-order valence-corrected chi connectivity index (χ0v) is 19.3. The third kappa shape index (κ3) is 7.27. The summed E-state index contributed by atoms with van der Waals surface area (Å²) in [5, 5.41) is 13.5. The van der Waals surface area contributed by atoms with Crippen molar-refractivity contribution in [2.75, 3.05) is 36.4 Å². The minimum Gasteiger partial charge on any atom is -0.475 e. The molecule has 8 nitrogen and oxygen atoms in total. The number of carboxylic acids is 1. The van der Waals surface area contributed by atoms with Crippen molar-refractivity contribution in [2.45, 2.75) is 12.7 Å². The Balaban J connectivity index is 0.000000454. The van der Waals surface area contributed by atoms with Crippen molar-refractivity contribution in [3.8, 4) is 11.1 Å². The van der Waals surface area contributed by atoms with Crippen molar-refractivity contribution in [2.24, 2.45) is 5.73 Å². The number of nitrogens with one attached hydrogen (secondary N) is 2. The standard InChI is InChI=1S/C23H25N5O.C2HF3O2/c24-15-17-2-1-3-20(14-17)18-4-6-19(7-5-18)23(29)27-21-16-26-9-8-22(21)28-12-10-25-11-13-28;3-2(4,5)1(6)7/h1-9,14,16,25H,10-13,15,24H2,(H,27,29);(H,6,7). The van der Waals surface area contributed by atoms with Crippen LogP contribution in [-0.2, 0) is 11.3 Å². The fourth-order valence-corrected chi connectivity index (χ4v) is 3.55. The van der Waals surface area contributed by atoms with Gasteiger partial charge in [0.05, 0.1) is 17.6 Å². The number of carbonyl (C=O) groups excluding carboxylic acids is 1. The number of aromatic nitrogens is 1. The van der Waals surface area contributed by atoms with Crippen molar-refractivity contribution < 1.29 is 27.9 Å². The van der Waals surface area contributed by atoms with Crippen LogP contribution in [0.15, 0.2) is 67.0 Å². The normalized spacial score (nSPS) is 13.4. The summed E-state index contributed by atoms with van der Waals surface area (Å²) in [6, 6.07) is 17.7. The molecule has 1 aliphatic heterocycles. The van der Waals surface area contributed by atoms with Crippen LogP contribution in [0.2, 0.25) is 0 Å². The molecule has 2 aromatic carbocycles. The Morgan fingerprint density at radius 1 is 1.06 bits per heavy atom. The number of alkyl halides is 3. The molecule has 5 N–H and O–H groups in total. The average molecular weight is 502 g/mol. The molecule has 0 atom stereocenters. The zero-order chi connectivity index (χ0) is 26.1. The number of pyridine rings is 1. The van der Waals surface area contributed by atoms with Gasteiger partial charge in [0.2, 0.25) is 0 Å². The van der Waals surface area contributed by atoms with Gasteiger partial charge in [-0.15, -0.1) is 0 Å². The smallest absolute Gasteiger partial charge is 0.475 e. The molecule has 36 heavy (non-hydrogen) atoms. The first-order valence-electron chi connectivity index (χ1n) is 11.1. The number of carbonyl (C=O) groups is 2. The summed E-state index contributed by atoms with van der Waals surface area (Å²) in [5.74, 6) is -2.90. The number of nitrogens with two attached hydrogens (primary N) is 1. The summed E-state index contributed by atoms with van der Waals surface area (Å²) in [4.78, 5) is 28.2. The summed E-state index contributed by atoms with van der Waals surface area (Å²) < 4.78 is 31.7. The Morgan fingerprint density at radius 2 is 1.72 bits per heavy atom. The molecule has 0 radical (unpaired) electrons. The number of carboxylic acid groups (broad SMARTS) is 1. The Kier molecular flexibility index (Phi) is 8.98. The summed E-state index contributed by atoms with van der Waals surface area (Å²) in [6.45, 7) is 4.19. The molecule has 1 amide bonds. The molecular formula is C25H26F3N5O3. The van der Waals surface area contributed by atoms with Gasteiger partial charge in [0, 0.05) is 44.5 Å². The highest BCUT2D eigenvalue weighted by Gasteiger charge is 2.38. The van der Waals surface area contributed by atoms with Crippen molar-refractivity contribution in [1.29, 1.82) is 0 Å². The molecule has 4 rings (SSSR count). The first-order valence-corrected chi connectivity index (χ1v) is 11.1. The van der Waals surface area contributed by atoms with E-state index >= 15 is 0 Å². The molecular weight excluding hydrogens is 475 g/mol. The van der Waals surface area contributed by atoms with Crippen LogP contribution >= 0.6 is 0 Å². The van der Waals surface area contributed by atoms with Crippen LogP contribution in [0.5, 0.6) is 0 Å². The van der Waals surface area contributed by atoms with Gasteiger partial charge in [-0.2, -0.15) is 13.2 Å². The molecule has 0 saturated carbocycles. The molecule has 0 bridgehead atoms. The molecule has 1 saturated heterocycles. The van der Waals surface area contributed by atoms with E-state index in [4.69, 9.17) is 15.6 Å². The maximum atomic E-state index is 12.8. The van der Waals surface area contributed by atoms with Gasteiger partial charge in [-0.1, -0.05) is 30.3 Å². The van der Waals surface area contributed by atoms with E-state index in [-0.39, 0.29) is 5.91 Å². The van der Waals surface area contributed by atoms with E-state index in [1.807, 2.05) is 48.5 Å². The first kappa shape index (κ1) is 26.6. The first-order chi connectivity index (χ1) is 17.2. The number of hydrogen-bond donors (Lipinski definition) is 4. The fraction of sp³-hybridized carbons (Fsp3) is 0.240. The second-order valence-corrected chi connectivity index (χ2v) is 7.87. The van der Waals surface area contributed by atoms with Gasteiger partial charge in [-0.05, 0) is 41.0 Å². The molecule has 0 aliphatic carbocycles. The van der Waals surface area contributed by atoms with Gasteiger partial charge in [0.15, 0.2) is 0 Å². The molecule has 2 heterocycles. The lowest BCUT2D eigenvalue weighted by Crippen LogP contribution is -2.43. The predicted molar refractivity (Wildman–Crippen MR) is 131 cm³/mol. The summed E-state index contributed by atoms with van der Waals surface area (Å²) in [5.41, 5.74) is 11.3. The minimum absolute atomic E-state index is 0.142. The van der Waals surface area contributed by atoms with Gasteiger partial charge < -0.3 is 26.4 Å². The van der Waals surface area contributed by atoms with E-state index in [9.17, 15) is 18.0 Å². The van der Waals surface area contributed by atoms with Crippen molar-refractivity contribution in [1.82, 2.24) is 10.3 Å². The monoisotopic (exact) mass is 501 g/mol. The average Bonchev–Trinajstić information content (AvgIpc) is 2.89. The lowest BCUT2D eigenvalue weighted by Gasteiger charge is -2.30. The van der Waals surface area contributed by atoms with E-state index < -0.39 is 12.1 Å². The van der Waals surface area contributed by atoms with Crippen LogP contribution in [0, 0.1) is 0 Å². The second kappa shape index (κ2) is 12.1. The molecule has 1 fully saturated rings. The van der Waals surface area contributed by atoms with E-state index in [1.165, 1.54) is 0 Å². The topological polar surface area (TPSA) is 121 Å². The van der Waals surface area contributed by atoms with Crippen LogP contribution < -0.4 is 21.3 Å². The van der Waals surface area contributed by atoms with Gasteiger partial charge in [0.25, 0.3) is 5.91 Å². The summed E-state index contributed by atoms with van der Waals surface area (Å²) >= 11 is 0. The summed E-state index contributed by atoms with van der Waals surface area (Å²) in [7, 11) is 0. The number of anilines is 2. The summed E-state index contributed by atoms with van der Waals surface area (Å²) in [6.07, 6.45) is -1.61. The molecule has 0 spiro atoms. The van der Waals surface area contributed by atoms with E-state index in [1.54, 1.807) is 12.4 Å². The Bertz CT molecular complexity index is 1180. The van der Waals surface area contributed by atoms with Crippen LogP contribution in [0.4, 0.5) is 24.5 Å². The number of aliphatic carboxylic acids is 1. The van der Waals surface area contributed by atoms with Crippen molar-refractivity contribution in [3.63, 3.8) is 0 Å². The van der Waals surface area contributed by atoms with Crippen LogP contribution in [-0.4, -0.2) is 54.3 Å². The Labute approximate surface area is 205 Å². The third-order valence-corrected chi connectivity index (χ3v) is 5.39. The highest BCUT2D eigenvalue weighted by Crippen LogP contribution is 2.26. The van der Waals surface area contributed by atoms with E-state index in [2.05, 4.69) is 26.6 Å². The lowest BCUT2D eigenvalue weighted by molar-refractivity contribution is -0.192. The van der Waals surface area contributed by atoms with Crippen molar-refractivity contribution >= 4 is 23.3 Å². The molecule has 1 aliphatic rings. The quantitative estimate of drug-likeness (QED) is 0.422. The number of benzene rings is 2. The highest BCUT2D eigenvalue weighted by atomic mass is 19.4. The third-order valence-electron chi connectivity index (χ3n) is 5.39. The molecule has 190 valence electrons. The van der Waals surface area contributed by atoms with Gasteiger partial charge in [0.1, 0.15) is 0 Å². The Morgan fingerprint density at radius 3 is 2.33 bits per heavy atom. The Hall–Kier alpha value is -3.96. The number of halogens is 3. The lowest BCUT2D eigenvalue weighted by atomic mass is 10.0. The van der Waals surface area contributed by atoms with Crippen molar-refractivity contribution in [3.05, 3.63) is 78.1 Å². The second-order valence-electron chi connectivity index (χ2n) is 7.87. The molecule has 0 unspecified atom stereocenters. The number of hydrogen-bond acceptors (Lipinski definition) is 6. The molecule has 1 aromatic heterocycles. The predicted octanol–water partition coefficient (Wildman–Crippen LogP) is 3.50. The SMILES string of the molecule is NCc1cccc(-c2ccc(C(=O)Nc3cnccc3N3CCNCC3)cc2)c1.O=C(O)C(F)(F)F. The maximum Gasteiger partial charge on any atom is 0.490 e.